The zero-order chi connectivity index (χ0) is 22.6. The minimum absolute atomic E-state index is 0.125. The average molecular weight is 443 g/mol. The fourth-order valence-electron chi connectivity index (χ4n) is 5.24. The zero-order valence-electron chi connectivity index (χ0n) is 17.9. The van der Waals surface area contributed by atoms with Crippen LogP contribution in [0.25, 0.3) is 10.9 Å². The summed E-state index contributed by atoms with van der Waals surface area (Å²) in [5, 5.41) is 9.07. The van der Waals surface area contributed by atoms with Gasteiger partial charge in [0, 0.05) is 44.2 Å². The van der Waals surface area contributed by atoms with Crippen molar-refractivity contribution in [2.24, 2.45) is 0 Å². The van der Waals surface area contributed by atoms with Crippen LogP contribution >= 0.6 is 0 Å². The number of pyridine rings is 1. The quantitative estimate of drug-likeness (QED) is 0.686. The molecule has 1 aliphatic carbocycles. The fraction of sp³-hybridized carbons (Fsp3) is 0.522. The Hall–Kier alpha value is -2.94. The van der Waals surface area contributed by atoms with E-state index < -0.39 is 17.4 Å². The van der Waals surface area contributed by atoms with Crippen LogP contribution in [-0.4, -0.2) is 58.2 Å². The lowest BCUT2D eigenvalue weighted by molar-refractivity contribution is -0.117. The van der Waals surface area contributed by atoms with Gasteiger partial charge < -0.3 is 19.3 Å². The molecule has 1 N–H and O–H groups in total. The van der Waals surface area contributed by atoms with Crippen molar-refractivity contribution in [3.63, 3.8) is 0 Å². The first kappa shape index (κ1) is 20.9. The largest absolute Gasteiger partial charge is 0.511 e. The molecule has 2 aromatic rings. The van der Waals surface area contributed by atoms with E-state index >= 15 is 4.39 Å². The number of anilines is 1. The van der Waals surface area contributed by atoms with Gasteiger partial charge in [0.1, 0.15) is 11.6 Å². The van der Waals surface area contributed by atoms with E-state index in [1.54, 1.807) is 13.0 Å². The van der Waals surface area contributed by atoms with Gasteiger partial charge in [-0.25, -0.2) is 9.18 Å². The van der Waals surface area contributed by atoms with E-state index in [9.17, 15) is 14.4 Å². The van der Waals surface area contributed by atoms with Crippen molar-refractivity contribution < 1.29 is 23.8 Å². The summed E-state index contributed by atoms with van der Waals surface area (Å²) in [4.78, 5) is 39.6. The van der Waals surface area contributed by atoms with E-state index in [1.165, 1.54) is 12.3 Å². The van der Waals surface area contributed by atoms with Crippen molar-refractivity contribution >= 4 is 28.5 Å². The zero-order valence-corrected chi connectivity index (χ0v) is 17.9. The summed E-state index contributed by atoms with van der Waals surface area (Å²) >= 11 is 0. The lowest BCUT2D eigenvalue weighted by Crippen LogP contribution is -2.54. The van der Waals surface area contributed by atoms with Gasteiger partial charge in [0.15, 0.2) is 5.75 Å². The van der Waals surface area contributed by atoms with Gasteiger partial charge in [-0.05, 0) is 44.7 Å². The first-order valence-corrected chi connectivity index (χ1v) is 11.1. The second kappa shape index (κ2) is 7.88. The third-order valence-electron chi connectivity index (χ3n) is 6.90. The summed E-state index contributed by atoms with van der Waals surface area (Å²) in [6, 6.07) is 3.64. The van der Waals surface area contributed by atoms with Crippen LogP contribution in [0.1, 0.15) is 45.1 Å². The molecule has 8 nitrogen and oxygen atoms in total. The van der Waals surface area contributed by atoms with Crippen molar-refractivity contribution in [2.45, 2.75) is 57.2 Å². The van der Waals surface area contributed by atoms with Gasteiger partial charge in [-0.1, -0.05) is 0 Å². The van der Waals surface area contributed by atoms with E-state index in [-0.39, 0.29) is 35.0 Å². The van der Waals surface area contributed by atoms with Gasteiger partial charge in [-0.2, -0.15) is 0 Å². The Kier molecular flexibility index (Phi) is 5.16. The molecule has 1 aromatic heterocycles. The van der Waals surface area contributed by atoms with Crippen LogP contribution in [0, 0.1) is 5.82 Å². The van der Waals surface area contributed by atoms with Crippen LogP contribution in [0.5, 0.6) is 5.75 Å². The number of halogens is 1. The van der Waals surface area contributed by atoms with Gasteiger partial charge >= 0.3 is 6.16 Å². The molecule has 2 bridgehead atoms. The minimum Gasteiger partial charge on any atom is -0.449 e. The lowest BCUT2D eigenvalue weighted by atomic mass is 10.1. The molecule has 2 unspecified atom stereocenters. The molecule has 0 amide bonds. The van der Waals surface area contributed by atoms with Crippen LogP contribution in [0.4, 0.5) is 14.9 Å². The van der Waals surface area contributed by atoms with Gasteiger partial charge in [0.25, 0.3) is 0 Å². The minimum atomic E-state index is -1.57. The number of rotatable bonds is 6. The van der Waals surface area contributed by atoms with Crippen molar-refractivity contribution in [1.82, 2.24) is 9.47 Å². The predicted octanol–water partition coefficient (Wildman–Crippen LogP) is 3.16. The number of piperazine rings is 1. The molecule has 0 spiro atoms. The Balaban J connectivity index is 1.50. The molecule has 5 rings (SSSR count). The monoisotopic (exact) mass is 443 g/mol. The topological polar surface area (TPSA) is 92.1 Å². The second-order valence-electron chi connectivity index (χ2n) is 9.13. The highest BCUT2D eigenvalue weighted by atomic mass is 19.1. The molecule has 1 aromatic carbocycles. The Morgan fingerprint density at radius 1 is 1.12 bits per heavy atom. The molecule has 170 valence electrons. The Morgan fingerprint density at radius 3 is 2.38 bits per heavy atom. The second-order valence-corrected chi connectivity index (χ2v) is 9.13. The number of carboxylic acid groups (broad SMARTS) is 1. The van der Waals surface area contributed by atoms with Gasteiger partial charge in [0.2, 0.25) is 5.43 Å². The molecule has 2 aliphatic heterocycles. The van der Waals surface area contributed by atoms with Crippen molar-refractivity contribution in [3.05, 3.63) is 34.4 Å². The third kappa shape index (κ3) is 3.74. The number of hydrogen-bond donors (Lipinski definition) is 1. The maximum absolute atomic E-state index is 15.2. The maximum atomic E-state index is 15.2. The molecular formula is C23H26FN3O5. The van der Waals surface area contributed by atoms with Crippen LogP contribution in [0.15, 0.2) is 23.1 Å². The van der Waals surface area contributed by atoms with Crippen LogP contribution in [-0.2, 0) is 4.79 Å². The summed E-state index contributed by atoms with van der Waals surface area (Å²) in [5.74, 6) is -0.626. The fourth-order valence-corrected chi connectivity index (χ4v) is 5.24. The number of carbonyl (C=O) groups excluding carboxylic acids is 1. The molecule has 3 heterocycles. The number of ketones is 1. The standard InChI is InChI=1S/C23H26FN3O5/c1-13(28)6-7-26-15-4-5-16(26)11-25(10-15)20-9-19-17(8-18(20)24)22(29)21(32-23(30)31)12-27(19)14-2-3-14/h8-9,12,14-16H,2-7,10-11H2,1H3,(H,30,31). The molecule has 2 saturated heterocycles. The average Bonchev–Trinajstić information content (AvgIpc) is 3.54. The van der Waals surface area contributed by atoms with Crippen molar-refractivity contribution in [1.29, 1.82) is 0 Å². The number of ether oxygens (including phenoxy) is 1. The number of hydrogen-bond acceptors (Lipinski definition) is 6. The normalized spacial score (nSPS) is 23.0. The first-order valence-electron chi connectivity index (χ1n) is 11.1. The smallest absolute Gasteiger partial charge is 0.449 e. The van der Waals surface area contributed by atoms with Gasteiger partial charge in [0.05, 0.1) is 22.8 Å². The van der Waals surface area contributed by atoms with Crippen LogP contribution in [0.3, 0.4) is 0 Å². The van der Waals surface area contributed by atoms with Gasteiger partial charge in [-0.15, -0.1) is 0 Å². The summed E-state index contributed by atoms with van der Waals surface area (Å²) in [7, 11) is 0. The van der Waals surface area contributed by atoms with Crippen LogP contribution < -0.4 is 15.1 Å². The number of carbonyl (C=O) groups is 2. The van der Waals surface area contributed by atoms with E-state index in [1.807, 2.05) is 9.47 Å². The number of benzene rings is 1. The van der Waals surface area contributed by atoms with E-state index in [0.717, 1.165) is 32.2 Å². The number of nitrogens with zero attached hydrogens (tertiary/aromatic N) is 3. The first-order chi connectivity index (χ1) is 15.3. The maximum Gasteiger partial charge on any atom is 0.511 e. The highest BCUT2D eigenvalue weighted by molar-refractivity contribution is 5.85. The molecule has 1 saturated carbocycles. The van der Waals surface area contributed by atoms with Gasteiger partial charge in [-0.3, -0.25) is 14.5 Å². The molecule has 3 fully saturated rings. The number of aromatic nitrogens is 1. The Morgan fingerprint density at radius 2 is 1.78 bits per heavy atom. The SMILES string of the molecule is CC(=O)CCN1C2CCC1CN(c1cc3c(cc1F)c(=O)c(OC(=O)O)cn3C1CC1)C2. The third-order valence-corrected chi connectivity index (χ3v) is 6.90. The summed E-state index contributed by atoms with van der Waals surface area (Å²) in [5.41, 5.74) is 0.429. The molecule has 9 heteroatoms. The molecule has 3 aliphatic rings. The summed E-state index contributed by atoms with van der Waals surface area (Å²) < 4.78 is 21.8. The lowest BCUT2D eigenvalue weighted by Gasteiger charge is -2.42. The summed E-state index contributed by atoms with van der Waals surface area (Å²) in [6.07, 6.45) is 4.27. The van der Waals surface area contributed by atoms with Crippen molar-refractivity contribution in [3.8, 4) is 5.75 Å². The highest BCUT2D eigenvalue weighted by Crippen LogP contribution is 2.40. The molecule has 2 atom stereocenters. The Labute approximate surface area is 184 Å². The summed E-state index contributed by atoms with van der Waals surface area (Å²) in [6.45, 7) is 3.69. The Bertz CT molecular complexity index is 1140. The van der Waals surface area contributed by atoms with E-state index in [0.29, 0.717) is 30.7 Å². The number of fused-ring (bicyclic) bond motifs is 3. The van der Waals surface area contributed by atoms with E-state index in [2.05, 4.69) is 9.64 Å². The van der Waals surface area contributed by atoms with E-state index in [4.69, 9.17) is 5.11 Å². The molecular weight excluding hydrogens is 417 g/mol. The molecule has 0 radical (unpaired) electrons. The predicted molar refractivity (Wildman–Crippen MR) is 116 cm³/mol. The van der Waals surface area contributed by atoms with Crippen LogP contribution in [0.2, 0.25) is 0 Å². The highest BCUT2D eigenvalue weighted by Gasteiger charge is 2.40. The number of Topliss-reactive ketones (excluding diaryl/α,β-unsaturated/α-hetero) is 1. The molecule has 32 heavy (non-hydrogen) atoms. The van der Waals surface area contributed by atoms with Crippen molar-refractivity contribution in [2.75, 3.05) is 24.5 Å².